The van der Waals surface area contributed by atoms with Gasteiger partial charge >= 0.3 is 0 Å². The second-order valence-electron chi connectivity index (χ2n) is 7.14. The van der Waals surface area contributed by atoms with Gasteiger partial charge in [-0.2, -0.15) is 4.31 Å². The highest BCUT2D eigenvalue weighted by Crippen LogP contribution is 2.34. The first-order valence-corrected chi connectivity index (χ1v) is 12.4. The van der Waals surface area contributed by atoms with Gasteiger partial charge in [0, 0.05) is 36.3 Å². The van der Waals surface area contributed by atoms with Gasteiger partial charge in [-0.15, -0.1) is 11.3 Å². The summed E-state index contributed by atoms with van der Waals surface area (Å²) in [6.07, 6.45) is 0. The van der Waals surface area contributed by atoms with E-state index < -0.39 is 21.7 Å². The van der Waals surface area contributed by atoms with Crippen LogP contribution >= 0.6 is 22.9 Å². The van der Waals surface area contributed by atoms with E-state index >= 15 is 0 Å². The summed E-state index contributed by atoms with van der Waals surface area (Å²) in [5, 5.41) is 3.72. The number of hydrogen-bond acceptors (Lipinski definition) is 5. The van der Waals surface area contributed by atoms with Gasteiger partial charge in [0.25, 0.3) is 5.91 Å². The topological polar surface area (TPSA) is 86.8 Å². The zero-order chi connectivity index (χ0) is 22.9. The van der Waals surface area contributed by atoms with E-state index in [0.717, 1.165) is 20.5 Å². The monoisotopic (exact) mass is 495 g/mol. The summed E-state index contributed by atoms with van der Waals surface area (Å²) in [6, 6.07) is 12.6. The molecule has 2 amide bonds. The van der Waals surface area contributed by atoms with Gasteiger partial charge in [0.2, 0.25) is 15.9 Å². The number of piperazine rings is 1. The van der Waals surface area contributed by atoms with E-state index in [1.165, 1.54) is 34.4 Å². The van der Waals surface area contributed by atoms with E-state index in [-0.39, 0.29) is 43.5 Å². The summed E-state index contributed by atoms with van der Waals surface area (Å²) in [5.41, 5.74) is 0. The fourth-order valence-electron chi connectivity index (χ4n) is 3.48. The standard InChI is InChI=1S/C21H19ClFN3O4S2/c22-19-14-5-1-3-7-16(14)31-20(19)21(28)24-13-18(27)25-9-11-26(12-10-25)32(29,30)17-8-4-2-6-15(17)23/h1-8H,9-13H2,(H,24,28). The molecule has 2 aromatic carbocycles. The molecule has 0 spiro atoms. The molecule has 32 heavy (non-hydrogen) atoms. The Kier molecular flexibility index (Phi) is 6.47. The second kappa shape index (κ2) is 9.14. The van der Waals surface area contributed by atoms with Crippen molar-refractivity contribution in [1.82, 2.24) is 14.5 Å². The number of nitrogens with one attached hydrogen (secondary N) is 1. The number of halogens is 2. The van der Waals surface area contributed by atoms with E-state index in [1.807, 2.05) is 24.3 Å². The molecule has 1 fully saturated rings. The number of carbonyl (C=O) groups is 2. The van der Waals surface area contributed by atoms with Crippen molar-refractivity contribution in [2.45, 2.75) is 4.90 Å². The second-order valence-corrected chi connectivity index (χ2v) is 10.5. The van der Waals surface area contributed by atoms with Crippen LogP contribution in [0.2, 0.25) is 5.02 Å². The Labute approximate surface area is 193 Å². The first-order valence-electron chi connectivity index (χ1n) is 9.76. The summed E-state index contributed by atoms with van der Waals surface area (Å²) in [7, 11) is -3.98. The van der Waals surface area contributed by atoms with E-state index in [4.69, 9.17) is 11.6 Å². The first-order chi connectivity index (χ1) is 15.3. The van der Waals surface area contributed by atoms with Crippen molar-refractivity contribution in [3.05, 3.63) is 64.2 Å². The summed E-state index contributed by atoms with van der Waals surface area (Å²) in [6.45, 7) is 0.137. The third-order valence-electron chi connectivity index (χ3n) is 5.19. The molecule has 4 rings (SSSR count). The van der Waals surface area contributed by atoms with Crippen molar-refractivity contribution in [1.29, 1.82) is 0 Å². The van der Waals surface area contributed by atoms with Crippen LogP contribution in [-0.4, -0.2) is 62.2 Å². The molecule has 168 valence electrons. The zero-order valence-electron chi connectivity index (χ0n) is 16.8. The molecule has 0 atom stereocenters. The molecule has 0 bridgehead atoms. The Morgan fingerprint density at radius 2 is 1.69 bits per heavy atom. The van der Waals surface area contributed by atoms with E-state index in [9.17, 15) is 22.4 Å². The molecule has 0 aliphatic carbocycles. The molecule has 1 N–H and O–H groups in total. The molecule has 0 saturated carbocycles. The van der Waals surface area contributed by atoms with Crippen LogP contribution in [0.3, 0.4) is 0 Å². The minimum atomic E-state index is -3.98. The third-order valence-corrected chi connectivity index (χ3v) is 8.79. The normalized spacial score (nSPS) is 15.1. The SMILES string of the molecule is O=C(NCC(=O)N1CCN(S(=O)(=O)c2ccccc2F)CC1)c1sc2ccccc2c1Cl. The summed E-state index contributed by atoms with van der Waals surface area (Å²) < 4.78 is 41.3. The number of benzene rings is 2. The summed E-state index contributed by atoms with van der Waals surface area (Å²) >= 11 is 7.55. The number of fused-ring (bicyclic) bond motifs is 1. The molecule has 3 aromatic rings. The van der Waals surface area contributed by atoms with Crippen LogP contribution in [0.5, 0.6) is 0 Å². The third kappa shape index (κ3) is 4.36. The maximum atomic E-state index is 13.9. The Bertz CT molecular complexity index is 1290. The predicted molar refractivity (Wildman–Crippen MR) is 121 cm³/mol. The van der Waals surface area contributed by atoms with Crippen LogP contribution < -0.4 is 5.32 Å². The van der Waals surface area contributed by atoms with Crippen LogP contribution in [0.4, 0.5) is 4.39 Å². The van der Waals surface area contributed by atoms with Crippen molar-refractivity contribution in [3.8, 4) is 0 Å². The largest absolute Gasteiger partial charge is 0.342 e. The maximum absolute atomic E-state index is 13.9. The van der Waals surface area contributed by atoms with Gasteiger partial charge in [-0.1, -0.05) is 41.9 Å². The van der Waals surface area contributed by atoms with Crippen LogP contribution in [0, 0.1) is 5.82 Å². The molecular weight excluding hydrogens is 477 g/mol. The minimum absolute atomic E-state index is 0.0402. The van der Waals surface area contributed by atoms with Crippen molar-refractivity contribution in [3.63, 3.8) is 0 Å². The summed E-state index contributed by atoms with van der Waals surface area (Å²) in [4.78, 5) is 26.5. The quantitative estimate of drug-likeness (QED) is 0.589. The molecular formula is C21H19ClFN3O4S2. The summed E-state index contributed by atoms with van der Waals surface area (Å²) in [5.74, 6) is -1.59. The molecule has 1 saturated heterocycles. The highest BCUT2D eigenvalue weighted by molar-refractivity contribution is 7.89. The molecule has 0 unspecified atom stereocenters. The average Bonchev–Trinajstić information content (AvgIpc) is 3.14. The minimum Gasteiger partial charge on any atom is -0.342 e. The molecule has 1 aromatic heterocycles. The molecule has 1 aliphatic heterocycles. The number of hydrogen-bond donors (Lipinski definition) is 1. The van der Waals surface area contributed by atoms with Crippen LogP contribution in [-0.2, 0) is 14.8 Å². The van der Waals surface area contributed by atoms with Crippen LogP contribution in [0.25, 0.3) is 10.1 Å². The molecule has 0 radical (unpaired) electrons. The molecule has 2 heterocycles. The lowest BCUT2D eigenvalue weighted by Crippen LogP contribution is -2.52. The fourth-order valence-corrected chi connectivity index (χ4v) is 6.40. The zero-order valence-corrected chi connectivity index (χ0v) is 19.1. The van der Waals surface area contributed by atoms with E-state index in [1.54, 1.807) is 0 Å². The van der Waals surface area contributed by atoms with Crippen molar-refractivity contribution >= 4 is 54.9 Å². The van der Waals surface area contributed by atoms with Crippen molar-refractivity contribution in [2.24, 2.45) is 0 Å². The highest BCUT2D eigenvalue weighted by Gasteiger charge is 2.31. The Morgan fingerprint density at radius 3 is 2.38 bits per heavy atom. The lowest BCUT2D eigenvalue weighted by Gasteiger charge is -2.34. The highest BCUT2D eigenvalue weighted by atomic mass is 35.5. The lowest BCUT2D eigenvalue weighted by atomic mass is 10.2. The lowest BCUT2D eigenvalue weighted by molar-refractivity contribution is -0.131. The molecule has 7 nitrogen and oxygen atoms in total. The number of rotatable bonds is 5. The Balaban J connectivity index is 1.34. The molecule has 11 heteroatoms. The smallest absolute Gasteiger partial charge is 0.263 e. The van der Waals surface area contributed by atoms with Gasteiger partial charge in [0.05, 0.1) is 11.6 Å². The molecule has 1 aliphatic rings. The van der Waals surface area contributed by atoms with Gasteiger partial charge in [0.1, 0.15) is 15.6 Å². The number of thiophene rings is 1. The van der Waals surface area contributed by atoms with Gasteiger partial charge in [-0.05, 0) is 18.2 Å². The first kappa shape index (κ1) is 22.7. The fraction of sp³-hybridized carbons (Fsp3) is 0.238. The Morgan fingerprint density at radius 1 is 1.03 bits per heavy atom. The average molecular weight is 496 g/mol. The van der Waals surface area contributed by atoms with E-state index in [0.29, 0.717) is 9.90 Å². The van der Waals surface area contributed by atoms with Gasteiger partial charge in [0.15, 0.2) is 0 Å². The van der Waals surface area contributed by atoms with Gasteiger partial charge in [-0.25, -0.2) is 12.8 Å². The van der Waals surface area contributed by atoms with Crippen molar-refractivity contribution < 1.29 is 22.4 Å². The van der Waals surface area contributed by atoms with Crippen molar-refractivity contribution in [2.75, 3.05) is 32.7 Å². The number of sulfonamides is 1. The van der Waals surface area contributed by atoms with Crippen LogP contribution in [0.15, 0.2) is 53.4 Å². The predicted octanol–water partition coefficient (Wildman–Crippen LogP) is 2.96. The Hall–Kier alpha value is -2.53. The maximum Gasteiger partial charge on any atom is 0.263 e. The van der Waals surface area contributed by atoms with E-state index in [2.05, 4.69) is 5.32 Å². The van der Waals surface area contributed by atoms with Gasteiger partial charge in [-0.3, -0.25) is 9.59 Å². The van der Waals surface area contributed by atoms with Gasteiger partial charge < -0.3 is 10.2 Å². The van der Waals surface area contributed by atoms with Crippen LogP contribution in [0.1, 0.15) is 9.67 Å². The number of amides is 2. The number of nitrogens with zero attached hydrogens (tertiary/aromatic N) is 2. The number of carbonyl (C=O) groups excluding carboxylic acids is 2.